The molecule has 1 saturated heterocycles. The summed E-state index contributed by atoms with van der Waals surface area (Å²) in [5, 5.41) is 7.59. The number of aromatic nitrogens is 1. The molecule has 1 aromatic carbocycles. The Bertz CT molecular complexity index is 618. The highest BCUT2D eigenvalue weighted by atomic mass is 127. The third kappa shape index (κ3) is 4.17. The number of nitrogens with zero attached hydrogens (tertiary/aromatic N) is 3. The Kier molecular flexibility index (Phi) is 5.23. The van der Waals surface area contributed by atoms with Gasteiger partial charge in [-0.2, -0.15) is 5.10 Å². The van der Waals surface area contributed by atoms with Gasteiger partial charge in [-0.1, -0.05) is 12.1 Å². The molecule has 0 aliphatic carbocycles. The lowest BCUT2D eigenvalue weighted by Gasteiger charge is -2.29. The van der Waals surface area contributed by atoms with Crippen LogP contribution in [0.25, 0.3) is 0 Å². The van der Waals surface area contributed by atoms with Gasteiger partial charge in [0.1, 0.15) is 5.82 Å². The number of nitrogens with one attached hydrogen (secondary N) is 2. The lowest BCUT2D eigenvalue weighted by Crippen LogP contribution is -2.43. The highest BCUT2D eigenvalue weighted by Gasteiger charge is 2.09. The zero-order valence-electron chi connectivity index (χ0n) is 12.2. The van der Waals surface area contributed by atoms with Gasteiger partial charge in [-0.25, -0.2) is 4.98 Å². The largest absolute Gasteiger partial charge is 0.369 e. The molecule has 0 spiro atoms. The van der Waals surface area contributed by atoms with Crippen molar-refractivity contribution < 1.29 is 0 Å². The molecule has 2 N–H and O–H groups in total. The van der Waals surface area contributed by atoms with Gasteiger partial charge in [-0.3, -0.25) is 5.43 Å². The van der Waals surface area contributed by atoms with E-state index in [9.17, 15) is 0 Å². The van der Waals surface area contributed by atoms with Crippen molar-refractivity contribution in [3.05, 3.63) is 51.7 Å². The molecule has 1 fully saturated rings. The van der Waals surface area contributed by atoms with Gasteiger partial charge in [0, 0.05) is 41.6 Å². The summed E-state index contributed by atoms with van der Waals surface area (Å²) in [6, 6.07) is 12.4. The Morgan fingerprint density at radius 2 is 1.91 bits per heavy atom. The first-order valence-electron chi connectivity index (χ1n) is 7.28. The Labute approximate surface area is 144 Å². The number of halogens is 1. The molecular weight excluding hydrogens is 389 g/mol. The topological polar surface area (TPSA) is 52.6 Å². The van der Waals surface area contributed by atoms with Crippen LogP contribution in [-0.4, -0.2) is 37.4 Å². The van der Waals surface area contributed by atoms with Crippen LogP contribution in [0.15, 0.2) is 47.7 Å². The van der Waals surface area contributed by atoms with Gasteiger partial charge in [0.25, 0.3) is 0 Å². The molecule has 1 aliphatic rings. The second-order valence-electron chi connectivity index (χ2n) is 5.06. The zero-order chi connectivity index (χ0) is 15.2. The molecule has 2 aromatic rings. The number of benzene rings is 1. The Morgan fingerprint density at radius 3 is 2.59 bits per heavy atom. The average Bonchev–Trinajstić information content (AvgIpc) is 2.58. The van der Waals surface area contributed by atoms with Crippen LogP contribution in [0.3, 0.4) is 0 Å². The maximum absolute atomic E-state index is 4.24. The van der Waals surface area contributed by atoms with Crippen molar-refractivity contribution in [1.82, 2.24) is 10.3 Å². The SMILES string of the molecule is Ic1ccc(NN=Cc2ccc(N3CCNCC3)cc2)nc1. The molecule has 2 heterocycles. The first kappa shape index (κ1) is 15.2. The maximum atomic E-state index is 4.24. The van der Waals surface area contributed by atoms with E-state index in [-0.39, 0.29) is 0 Å². The summed E-state index contributed by atoms with van der Waals surface area (Å²) in [6.07, 6.45) is 3.61. The summed E-state index contributed by atoms with van der Waals surface area (Å²) in [7, 11) is 0. The molecule has 3 rings (SSSR count). The normalized spacial score (nSPS) is 15.2. The monoisotopic (exact) mass is 407 g/mol. The Balaban J connectivity index is 1.58. The Morgan fingerprint density at radius 1 is 1.14 bits per heavy atom. The minimum atomic E-state index is 0.745. The van der Waals surface area contributed by atoms with Crippen LogP contribution in [0, 0.1) is 3.57 Å². The van der Waals surface area contributed by atoms with E-state index < -0.39 is 0 Å². The van der Waals surface area contributed by atoms with Crippen molar-refractivity contribution in [3.63, 3.8) is 0 Å². The van der Waals surface area contributed by atoms with Crippen LogP contribution in [-0.2, 0) is 0 Å². The number of rotatable bonds is 4. The minimum absolute atomic E-state index is 0.745. The smallest absolute Gasteiger partial charge is 0.146 e. The predicted octanol–water partition coefficient (Wildman–Crippen LogP) is 2.54. The van der Waals surface area contributed by atoms with E-state index in [0.717, 1.165) is 41.1 Å². The van der Waals surface area contributed by atoms with Crippen molar-refractivity contribution >= 4 is 40.3 Å². The van der Waals surface area contributed by atoms with Crippen molar-refractivity contribution in [2.45, 2.75) is 0 Å². The number of piperazine rings is 1. The van der Waals surface area contributed by atoms with Gasteiger partial charge in [0.05, 0.1) is 6.21 Å². The van der Waals surface area contributed by atoms with Crippen LogP contribution in [0.1, 0.15) is 5.56 Å². The standard InChI is InChI=1S/C16H18IN5/c17-14-3-6-16(19-12-14)21-20-11-13-1-4-15(5-2-13)22-9-7-18-8-10-22/h1-6,11-12,18H,7-10H2,(H,19,21). The molecule has 0 atom stereocenters. The van der Waals surface area contributed by atoms with E-state index in [2.05, 4.69) is 72.6 Å². The second kappa shape index (κ2) is 7.55. The molecule has 6 heteroatoms. The fourth-order valence-electron chi connectivity index (χ4n) is 2.31. The zero-order valence-corrected chi connectivity index (χ0v) is 14.3. The van der Waals surface area contributed by atoms with Gasteiger partial charge < -0.3 is 10.2 Å². The van der Waals surface area contributed by atoms with E-state index >= 15 is 0 Å². The van der Waals surface area contributed by atoms with E-state index in [1.54, 1.807) is 12.4 Å². The molecule has 5 nitrogen and oxygen atoms in total. The van der Waals surface area contributed by atoms with Crippen LogP contribution >= 0.6 is 22.6 Å². The maximum Gasteiger partial charge on any atom is 0.146 e. The average molecular weight is 407 g/mol. The van der Waals surface area contributed by atoms with Crippen LogP contribution < -0.4 is 15.6 Å². The fraction of sp³-hybridized carbons (Fsp3) is 0.250. The highest BCUT2D eigenvalue weighted by molar-refractivity contribution is 14.1. The van der Waals surface area contributed by atoms with Crippen molar-refractivity contribution in [2.75, 3.05) is 36.5 Å². The number of hydrogen-bond acceptors (Lipinski definition) is 5. The fourth-order valence-corrected chi connectivity index (χ4v) is 2.63. The van der Waals surface area contributed by atoms with Crippen molar-refractivity contribution in [1.29, 1.82) is 0 Å². The number of pyridine rings is 1. The van der Waals surface area contributed by atoms with E-state index in [4.69, 9.17) is 0 Å². The third-order valence-corrected chi connectivity index (χ3v) is 4.13. The van der Waals surface area contributed by atoms with Crippen LogP contribution in [0.5, 0.6) is 0 Å². The molecule has 1 aliphatic heterocycles. The molecule has 0 unspecified atom stereocenters. The summed E-state index contributed by atoms with van der Waals surface area (Å²) in [4.78, 5) is 6.63. The summed E-state index contributed by atoms with van der Waals surface area (Å²) < 4.78 is 1.11. The van der Waals surface area contributed by atoms with E-state index in [1.807, 2.05) is 12.1 Å². The van der Waals surface area contributed by atoms with Crippen molar-refractivity contribution in [2.24, 2.45) is 5.10 Å². The first-order chi connectivity index (χ1) is 10.8. The molecule has 1 aromatic heterocycles. The van der Waals surface area contributed by atoms with Crippen molar-refractivity contribution in [3.8, 4) is 0 Å². The number of hydrazone groups is 1. The number of hydrogen-bond donors (Lipinski definition) is 2. The van der Waals surface area contributed by atoms with E-state index in [1.165, 1.54) is 5.69 Å². The molecule has 0 radical (unpaired) electrons. The molecule has 114 valence electrons. The third-order valence-electron chi connectivity index (χ3n) is 3.50. The van der Waals surface area contributed by atoms with Gasteiger partial charge in [0.15, 0.2) is 0 Å². The summed E-state index contributed by atoms with van der Waals surface area (Å²) in [6.45, 7) is 4.23. The summed E-state index contributed by atoms with van der Waals surface area (Å²) in [5.74, 6) is 0.745. The summed E-state index contributed by atoms with van der Waals surface area (Å²) >= 11 is 2.23. The van der Waals surface area contributed by atoms with Gasteiger partial charge in [-0.05, 0) is 52.4 Å². The molecule has 0 saturated carbocycles. The minimum Gasteiger partial charge on any atom is -0.369 e. The van der Waals surface area contributed by atoms with Crippen LogP contribution in [0.4, 0.5) is 11.5 Å². The second-order valence-corrected chi connectivity index (χ2v) is 6.31. The molecule has 22 heavy (non-hydrogen) atoms. The Hall–Kier alpha value is -1.67. The molecule has 0 amide bonds. The predicted molar refractivity (Wildman–Crippen MR) is 99.7 cm³/mol. The molecular formula is C16H18IN5. The highest BCUT2D eigenvalue weighted by Crippen LogP contribution is 2.15. The van der Waals surface area contributed by atoms with Gasteiger partial charge in [-0.15, -0.1) is 0 Å². The van der Waals surface area contributed by atoms with E-state index in [0.29, 0.717) is 0 Å². The quantitative estimate of drug-likeness (QED) is 0.465. The van der Waals surface area contributed by atoms with Gasteiger partial charge in [0.2, 0.25) is 0 Å². The summed E-state index contributed by atoms with van der Waals surface area (Å²) in [5.41, 5.74) is 5.27. The lowest BCUT2D eigenvalue weighted by molar-refractivity contribution is 0.589. The first-order valence-corrected chi connectivity index (χ1v) is 8.35. The lowest BCUT2D eigenvalue weighted by atomic mass is 10.2. The number of anilines is 2. The van der Waals surface area contributed by atoms with Gasteiger partial charge >= 0.3 is 0 Å². The molecule has 0 bridgehead atoms. The van der Waals surface area contributed by atoms with Crippen LogP contribution in [0.2, 0.25) is 0 Å².